The quantitative estimate of drug-likeness (QED) is 0.733. The van der Waals surface area contributed by atoms with E-state index < -0.39 is 0 Å². The molecule has 0 radical (unpaired) electrons. The molecule has 0 amide bonds. The van der Waals surface area contributed by atoms with Crippen LogP contribution in [0.2, 0.25) is 0 Å². The minimum Gasteiger partial charge on any atom is -0.497 e. The molecule has 1 rings (SSSR count). The van der Waals surface area contributed by atoms with Crippen molar-refractivity contribution in [2.75, 3.05) is 20.3 Å². The molecule has 0 spiro atoms. The number of hydrogen-bond donors (Lipinski definition) is 2. The zero-order valence-electron chi connectivity index (χ0n) is 8.31. The Morgan fingerprint density at radius 2 is 1.71 bits per heavy atom. The minimum atomic E-state index is -0.0663. The monoisotopic (exact) mass is 196 g/mol. The fourth-order valence-electron chi connectivity index (χ4n) is 1.28. The Kier molecular flexibility index (Phi) is 4.43. The zero-order chi connectivity index (χ0) is 10.4. The lowest BCUT2D eigenvalue weighted by Crippen LogP contribution is -2.13. The maximum absolute atomic E-state index is 8.90. The van der Waals surface area contributed by atoms with Crippen molar-refractivity contribution in [1.29, 1.82) is 0 Å². The van der Waals surface area contributed by atoms with Gasteiger partial charge < -0.3 is 14.9 Å². The molecule has 1 aromatic rings. The summed E-state index contributed by atoms with van der Waals surface area (Å²) in [5.41, 5.74) is 1.10. The standard InChI is InChI=1S/C11H16O3/c1-14-11-4-2-9(3-5-11)6-10(7-12)8-13/h2-5,10,12-13H,6-8H2,1H3. The Labute approximate surface area is 84.0 Å². The smallest absolute Gasteiger partial charge is 0.118 e. The van der Waals surface area contributed by atoms with Crippen LogP contribution in [0.25, 0.3) is 0 Å². The van der Waals surface area contributed by atoms with E-state index in [-0.39, 0.29) is 19.1 Å². The Hall–Kier alpha value is -1.06. The van der Waals surface area contributed by atoms with Crippen LogP contribution in [0, 0.1) is 5.92 Å². The molecular formula is C11H16O3. The van der Waals surface area contributed by atoms with Gasteiger partial charge in [0.05, 0.1) is 7.11 Å². The van der Waals surface area contributed by atoms with Gasteiger partial charge in [-0.2, -0.15) is 0 Å². The summed E-state index contributed by atoms with van der Waals surface area (Å²) in [6.07, 6.45) is 0.691. The SMILES string of the molecule is COc1ccc(CC(CO)CO)cc1. The van der Waals surface area contributed by atoms with Crippen LogP contribution in [0.1, 0.15) is 5.56 Å². The molecule has 0 aliphatic heterocycles. The van der Waals surface area contributed by atoms with Gasteiger partial charge in [-0.3, -0.25) is 0 Å². The van der Waals surface area contributed by atoms with Gasteiger partial charge in [0.15, 0.2) is 0 Å². The molecule has 0 heterocycles. The first-order chi connectivity index (χ1) is 6.80. The van der Waals surface area contributed by atoms with Crippen molar-refractivity contribution in [3.05, 3.63) is 29.8 Å². The van der Waals surface area contributed by atoms with Crippen LogP contribution in [-0.2, 0) is 6.42 Å². The van der Waals surface area contributed by atoms with Gasteiger partial charge in [-0.05, 0) is 24.1 Å². The first-order valence-corrected chi connectivity index (χ1v) is 4.64. The molecule has 78 valence electrons. The molecule has 3 heteroatoms. The van der Waals surface area contributed by atoms with E-state index in [0.717, 1.165) is 11.3 Å². The number of aliphatic hydroxyl groups is 2. The average Bonchev–Trinajstić information content (AvgIpc) is 2.26. The van der Waals surface area contributed by atoms with Gasteiger partial charge in [-0.25, -0.2) is 0 Å². The average molecular weight is 196 g/mol. The summed E-state index contributed by atoms with van der Waals surface area (Å²) >= 11 is 0. The third-order valence-corrected chi connectivity index (χ3v) is 2.20. The van der Waals surface area contributed by atoms with Crippen molar-refractivity contribution >= 4 is 0 Å². The normalized spacial score (nSPS) is 10.6. The fourth-order valence-corrected chi connectivity index (χ4v) is 1.28. The second-order valence-electron chi connectivity index (χ2n) is 3.28. The lowest BCUT2D eigenvalue weighted by atomic mass is 10.0. The molecular weight excluding hydrogens is 180 g/mol. The Morgan fingerprint density at radius 1 is 1.14 bits per heavy atom. The van der Waals surface area contributed by atoms with E-state index >= 15 is 0 Å². The number of benzene rings is 1. The van der Waals surface area contributed by atoms with E-state index in [2.05, 4.69) is 0 Å². The summed E-state index contributed by atoms with van der Waals surface area (Å²) in [6.45, 7) is 0.0328. The number of aliphatic hydroxyl groups excluding tert-OH is 2. The van der Waals surface area contributed by atoms with Crippen LogP contribution >= 0.6 is 0 Å². The van der Waals surface area contributed by atoms with Gasteiger partial charge in [0, 0.05) is 19.1 Å². The molecule has 0 saturated heterocycles. The Morgan fingerprint density at radius 3 is 2.14 bits per heavy atom. The van der Waals surface area contributed by atoms with Crippen LogP contribution < -0.4 is 4.74 Å². The van der Waals surface area contributed by atoms with Crippen molar-refractivity contribution < 1.29 is 14.9 Å². The summed E-state index contributed by atoms with van der Waals surface area (Å²) in [5, 5.41) is 17.8. The van der Waals surface area contributed by atoms with Gasteiger partial charge in [0.2, 0.25) is 0 Å². The molecule has 0 aliphatic rings. The molecule has 0 aliphatic carbocycles. The Bertz CT molecular complexity index is 252. The van der Waals surface area contributed by atoms with E-state index in [1.54, 1.807) is 7.11 Å². The molecule has 0 bridgehead atoms. The first kappa shape index (κ1) is 11.0. The second kappa shape index (κ2) is 5.62. The fraction of sp³-hybridized carbons (Fsp3) is 0.455. The van der Waals surface area contributed by atoms with E-state index in [9.17, 15) is 0 Å². The van der Waals surface area contributed by atoms with E-state index in [1.165, 1.54) is 0 Å². The molecule has 2 N–H and O–H groups in total. The van der Waals surface area contributed by atoms with Crippen molar-refractivity contribution in [3.63, 3.8) is 0 Å². The second-order valence-corrected chi connectivity index (χ2v) is 3.28. The van der Waals surface area contributed by atoms with Crippen molar-refractivity contribution in [2.24, 2.45) is 5.92 Å². The number of rotatable bonds is 5. The molecule has 0 atom stereocenters. The van der Waals surface area contributed by atoms with Crippen molar-refractivity contribution in [2.45, 2.75) is 6.42 Å². The maximum Gasteiger partial charge on any atom is 0.118 e. The predicted molar refractivity (Wildman–Crippen MR) is 54.4 cm³/mol. The summed E-state index contributed by atoms with van der Waals surface area (Å²) < 4.78 is 5.03. The van der Waals surface area contributed by atoms with Gasteiger partial charge in [0.1, 0.15) is 5.75 Å². The largest absolute Gasteiger partial charge is 0.497 e. The topological polar surface area (TPSA) is 49.7 Å². The molecule has 0 aromatic heterocycles. The summed E-state index contributed by atoms with van der Waals surface area (Å²) in [5.74, 6) is 0.752. The number of ether oxygens (including phenoxy) is 1. The highest BCUT2D eigenvalue weighted by Crippen LogP contribution is 2.14. The molecule has 0 fully saturated rings. The van der Waals surface area contributed by atoms with E-state index in [4.69, 9.17) is 14.9 Å². The highest BCUT2D eigenvalue weighted by Gasteiger charge is 2.06. The van der Waals surface area contributed by atoms with Crippen LogP contribution in [0.5, 0.6) is 5.75 Å². The highest BCUT2D eigenvalue weighted by molar-refractivity contribution is 5.27. The minimum absolute atomic E-state index is 0.0164. The maximum atomic E-state index is 8.90. The van der Waals surface area contributed by atoms with Gasteiger partial charge in [0.25, 0.3) is 0 Å². The van der Waals surface area contributed by atoms with Gasteiger partial charge >= 0.3 is 0 Å². The van der Waals surface area contributed by atoms with Crippen molar-refractivity contribution in [3.8, 4) is 5.75 Å². The molecule has 14 heavy (non-hydrogen) atoms. The first-order valence-electron chi connectivity index (χ1n) is 4.64. The van der Waals surface area contributed by atoms with Crippen molar-refractivity contribution in [1.82, 2.24) is 0 Å². The lowest BCUT2D eigenvalue weighted by Gasteiger charge is -2.10. The van der Waals surface area contributed by atoms with Gasteiger partial charge in [-0.1, -0.05) is 12.1 Å². The van der Waals surface area contributed by atoms with Crippen LogP contribution in [-0.4, -0.2) is 30.5 Å². The van der Waals surface area contributed by atoms with Crippen LogP contribution in [0.15, 0.2) is 24.3 Å². The third-order valence-electron chi connectivity index (χ3n) is 2.20. The number of hydrogen-bond acceptors (Lipinski definition) is 3. The predicted octanol–water partition coefficient (Wildman–Crippen LogP) is 0.839. The number of methoxy groups -OCH3 is 1. The van der Waals surface area contributed by atoms with E-state index in [0.29, 0.717) is 6.42 Å². The third kappa shape index (κ3) is 3.01. The summed E-state index contributed by atoms with van der Waals surface area (Å²) in [7, 11) is 1.62. The van der Waals surface area contributed by atoms with Crippen LogP contribution in [0.4, 0.5) is 0 Å². The molecule has 0 unspecified atom stereocenters. The summed E-state index contributed by atoms with van der Waals surface area (Å²) in [6, 6.07) is 7.64. The van der Waals surface area contributed by atoms with E-state index in [1.807, 2.05) is 24.3 Å². The lowest BCUT2D eigenvalue weighted by molar-refractivity contribution is 0.150. The summed E-state index contributed by atoms with van der Waals surface area (Å²) in [4.78, 5) is 0. The molecule has 3 nitrogen and oxygen atoms in total. The van der Waals surface area contributed by atoms with Crippen LogP contribution in [0.3, 0.4) is 0 Å². The highest BCUT2D eigenvalue weighted by atomic mass is 16.5. The molecule has 1 aromatic carbocycles. The zero-order valence-corrected chi connectivity index (χ0v) is 8.31. The Balaban J connectivity index is 2.58. The molecule has 0 saturated carbocycles. The van der Waals surface area contributed by atoms with Gasteiger partial charge in [-0.15, -0.1) is 0 Å².